The van der Waals surface area contributed by atoms with E-state index in [1.807, 2.05) is 63.2 Å². The summed E-state index contributed by atoms with van der Waals surface area (Å²) in [6.45, 7) is 5.94. The number of benzene rings is 2. The third-order valence-electron chi connectivity index (χ3n) is 3.49. The van der Waals surface area contributed by atoms with E-state index in [9.17, 15) is 4.79 Å². The van der Waals surface area contributed by atoms with Gasteiger partial charge in [-0.2, -0.15) is 0 Å². The second kappa shape index (κ2) is 5.59. The zero-order valence-electron chi connectivity index (χ0n) is 12.3. The summed E-state index contributed by atoms with van der Waals surface area (Å²) >= 11 is 0. The molecule has 0 aliphatic carbocycles. The van der Waals surface area contributed by atoms with E-state index < -0.39 is 6.04 Å². The molecule has 0 aromatic heterocycles. The van der Waals surface area contributed by atoms with Gasteiger partial charge in [0.1, 0.15) is 0 Å². The van der Waals surface area contributed by atoms with E-state index in [2.05, 4.69) is 12.1 Å². The Balaban J connectivity index is 2.23. The van der Waals surface area contributed by atoms with Crippen LogP contribution in [-0.2, 0) is 0 Å². The first-order valence-corrected chi connectivity index (χ1v) is 6.85. The first-order chi connectivity index (χ1) is 9.39. The second-order valence-electron chi connectivity index (χ2n) is 6.15. The molecule has 0 saturated heterocycles. The van der Waals surface area contributed by atoms with Crippen molar-refractivity contribution in [3.8, 4) is 11.1 Å². The molecule has 20 heavy (non-hydrogen) atoms. The standard InChI is InChI=1S/C18H21NO/c1-18(2,3)17(19)16(20)15-11-9-14(10-12-15)13-7-5-4-6-8-13/h4-12,17H,19H2,1-3H3. The van der Waals surface area contributed by atoms with Crippen LogP contribution in [-0.4, -0.2) is 11.8 Å². The van der Waals surface area contributed by atoms with Crippen LogP contribution in [0.4, 0.5) is 0 Å². The van der Waals surface area contributed by atoms with Gasteiger partial charge < -0.3 is 5.73 Å². The maximum atomic E-state index is 12.3. The molecule has 0 aliphatic heterocycles. The van der Waals surface area contributed by atoms with Crippen LogP contribution in [0.1, 0.15) is 31.1 Å². The molecule has 2 aromatic carbocycles. The molecule has 0 heterocycles. The lowest BCUT2D eigenvalue weighted by atomic mass is 9.83. The van der Waals surface area contributed by atoms with Crippen LogP contribution in [0.25, 0.3) is 11.1 Å². The van der Waals surface area contributed by atoms with Gasteiger partial charge in [0.15, 0.2) is 5.78 Å². The Kier molecular flexibility index (Phi) is 4.05. The molecule has 2 heteroatoms. The van der Waals surface area contributed by atoms with E-state index in [-0.39, 0.29) is 11.2 Å². The van der Waals surface area contributed by atoms with Gasteiger partial charge in [-0.3, -0.25) is 4.79 Å². The minimum Gasteiger partial charge on any atom is -0.321 e. The van der Waals surface area contributed by atoms with Crippen molar-refractivity contribution in [3.05, 3.63) is 60.2 Å². The Morgan fingerprint density at radius 3 is 1.90 bits per heavy atom. The van der Waals surface area contributed by atoms with E-state index in [1.54, 1.807) is 0 Å². The molecule has 1 atom stereocenters. The quantitative estimate of drug-likeness (QED) is 0.857. The molecule has 2 N–H and O–H groups in total. The van der Waals surface area contributed by atoms with Gasteiger partial charge >= 0.3 is 0 Å². The van der Waals surface area contributed by atoms with Crippen LogP contribution in [0.3, 0.4) is 0 Å². The minimum absolute atomic E-state index is 0.00267. The average Bonchev–Trinajstić information content (AvgIpc) is 2.46. The summed E-state index contributed by atoms with van der Waals surface area (Å²) in [4.78, 5) is 12.3. The summed E-state index contributed by atoms with van der Waals surface area (Å²) in [5.41, 5.74) is 8.72. The van der Waals surface area contributed by atoms with Crippen LogP contribution < -0.4 is 5.73 Å². The molecule has 2 aromatic rings. The molecule has 1 unspecified atom stereocenters. The van der Waals surface area contributed by atoms with Crippen molar-refractivity contribution in [3.63, 3.8) is 0 Å². The number of ketones is 1. The molecule has 0 fully saturated rings. The fourth-order valence-electron chi connectivity index (χ4n) is 2.03. The highest BCUT2D eigenvalue weighted by Crippen LogP contribution is 2.23. The lowest BCUT2D eigenvalue weighted by molar-refractivity contribution is 0.0901. The zero-order chi connectivity index (χ0) is 14.8. The van der Waals surface area contributed by atoms with Gasteiger partial charge in [0, 0.05) is 5.56 Å². The van der Waals surface area contributed by atoms with Crippen molar-refractivity contribution in [1.82, 2.24) is 0 Å². The fraction of sp³-hybridized carbons (Fsp3) is 0.278. The van der Waals surface area contributed by atoms with E-state index in [1.165, 1.54) is 0 Å². The van der Waals surface area contributed by atoms with E-state index in [0.717, 1.165) is 11.1 Å². The molecule has 0 saturated carbocycles. The van der Waals surface area contributed by atoms with E-state index in [0.29, 0.717) is 5.56 Å². The number of Topliss-reactive ketones (excluding diaryl/α,β-unsaturated/α-hetero) is 1. The molecule has 2 nitrogen and oxygen atoms in total. The van der Waals surface area contributed by atoms with E-state index in [4.69, 9.17) is 5.73 Å². The number of rotatable bonds is 3. The molecule has 104 valence electrons. The smallest absolute Gasteiger partial charge is 0.180 e. The third kappa shape index (κ3) is 3.14. The average molecular weight is 267 g/mol. The molecule has 2 rings (SSSR count). The van der Waals surface area contributed by atoms with Gasteiger partial charge in [-0.15, -0.1) is 0 Å². The molecule has 0 aliphatic rings. The predicted octanol–water partition coefficient (Wildman–Crippen LogP) is 3.91. The normalized spacial score (nSPS) is 13.0. The van der Waals surface area contributed by atoms with Crippen molar-refractivity contribution < 1.29 is 4.79 Å². The Bertz CT molecular complexity index is 579. The van der Waals surface area contributed by atoms with Crippen molar-refractivity contribution in [2.75, 3.05) is 0 Å². The van der Waals surface area contributed by atoms with Crippen LogP contribution in [0.2, 0.25) is 0 Å². The Morgan fingerprint density at radius 1 is 0.900 bits per heavy atom. The summed E-state index contributed by atoms with van der Waals surface area (Å²) in [5, 5.41) is 0. The number of carbonyl (C=O) groups is 1. The molecule has 0 amide bonds. The molecule has 0 bridgehead atoms. The Labute approximate surface area is 120 Å². The van der Waals surface area contributed by atoms with Crippen LogP contribution in [0.15, 0.2) is 54.6 Å². The molecule has 0 radical (unpaired) electrons. The second-order valence-corrected chi connectivity index (χ2v) is 6.15. The van der Waals surface area contributed by atoms with Crippen LogP contribution >= 0.6 is 0 Å². The Hall–Kier alpha value is -1.93. The summed E-state index contributed by atoms with van der Waals surface area (Å²) < 4.78 is 0. The van der Waals surface area contributed by atoms with E-state index >= 15 is 0 Å². The lowest BCUT2D eigenvalue weighted by Crippen LogP contribution is -2.42. The highest BCUT2D eigenvalue weighted by molar-refractivity contribution is 6.00. The van der Waals surface area contributed by atoms with Crippen molar-refractivity contribution in [2.24, 2.45) is 11.1 Å². The summed E-state index contributed by atoms with van der Waals surface area (Å²) in [6.07, 6.45) is 0. The van der Waals surface area contributed by atoms with Crippen molar-refractivity contribution in [1.29, 1.82) is 0 Å². The molecule has 0 spiro atoms. The topological polar surface area (TPSA) is 43.1 Å². The van der Waals surface area contributed by atoms with Gasteiger partial charge in [-0.1, -0.05) is 75.4 Å². The van der Waals surface area contributed by atoms with Gasteiger partial charge in [0.25, 0.3) is 0 Å². The van der Waals surface area contributed by atoms with Gasteiger partial charge in [-0.25, -0.2) is 0 Å². The first-order valence-electron chi connectivity index (χ1n) is 6.85. The number of hydrogen-bond acceptors (Lipinski definition) is 2. The SMILES string of the molecule is CC(C)(C)C(N)C(=O)c1ccc(-c2ccccc2)cc1. The lowest BCUT2D eigenvalue weighted by Gasteiger charge is -2.25. The maximum absolute atomic E-state index is 12.3. The highest BCUT2D eigenvalue weighted by Gasteiger charge is 2.28. The maximum Gasteiger partial charge on any atom is 0.180 e. The van der Waals surface area contributed by atoms with Gasteiger partial charge in [0.05, 0.1) is 6.04 Å². The van der Waals surface area contributed by atoms with Crippen molar-refractivity contribution >= 4 is 5.78 Å². The third-order valence-corrected chi connectivity index (χ3v) is 3.49. The number of carbonyl (C=O) groups excluding carboxylic acids is 1. The predicted molar refractivity (Wildman–Crippen MR) is 83.6 cm³/mol. The minimum atomic E-state index is -0.481. The summed E-state index contributed by atoms with van der Waals surface area (Å²) in [6, 6.07) is 17.3. The zero-order valence-corrected chi connectivity index (χ0v) is 12.3. The Morgan fingerprint density at radius 2 is 1.40 bits per heavy atom. The summed E-state index contributed by atoms with van der Waals surface area (Å²) in [5.74, 6) is -0.00267. The van der Waals surface area contributed by atoms with Crippen LogP contribution in [0.5, 0.6) is 0 Å². The van der Waals surface area contributed by atoms with Crippen LogP contribution in [0, 0.1) is 5.41 Å². The number of hydrogen-bond donors (Lipinski definition) is 1. The molecular weight excluding hydrogens is 246 g/mol. The largest absolute Gasteiger partial charge is 0.321 e. The number of nitrogens with two attached hydrogens (primary N) is 1. The summed E-state index contributed by atoms with van der Waals surface area (Å²) in [7, 11) is 0. The monoisotopic (exact) mass is 267 g/mol. The van der Waals surface area contributed by atoms with Crippen molar-refractivity contribution in [2.45, 2.75) is 26.8 Å². The fourth-order valence-corrected chi connectivity index (χ4v) is 2.03. The first kappa shape index (κ1) is 14.5. The molecular formula is C18H21NO. The van der Waals surface area contributed by atoms with Gasteiger partial charge in [0.2, 0.25) is 0 Å². The highest BCUT2D eigenvalue weighted by atomic mass is 16.1. The van der Waals surface area contributed by atoms with Gasteiger partial charge in [-0.05, 0) is 16.5 Å².